The monoisotopic (exact) mass is 259 g/mol. The number of hydrogen-bond acceptors (Lipinski definition) is 6. The van der Waals surface area contributed by atoms with Crippen LogP contribution in [-0.4, -0.2) is 17.1 Å². The topological polar surface area (TPSA) is 96.9 Å². The molecule has 0 amide bonds. The number of hydrogen-bond donors (Lipinski definition) is 2. The lowest BCUT2D eigenvalue weighted by Crippen LogP contribution is -2.03. The minimum Gasteiger partial charge on any atom is -0.479 e. The van der Waals surface area contributed by atoms with Crippen molar-refractivity contribution in [2.24, 2.45) is 0 Å². The van der Waals surface area contributed by atoms with Crippen molar-refractivity contribution in [2.45, 2.75) is 0 Å². The summed E-state index contributed by atoms with van der Waals surface area (Å²) in [4.78, 5) is 7.79. The third kappa shape index (κ3) is 2.52. The Hall–Kier alpha value is -2.88. The summed E-state index contributed by atoms with van der Waals surface area (Å²) >= 11 is 0. The SMILES string of the molecule is COc1ncnc(Nc2ccc(F)c(C#N)c2)c1N. The van der Waals surface area contributed by atoms with Crippen LogP contribution in [0.3, 0.4) is 0 Å². The smallest absolute Gasteiger partial charge is 0.242 e. The minimum atomic E-state index is -0.582. The Labute approximate surface area is 108 Å². The number of nitriles is 1. The van der Waals surface area contributed by atoms with Crippen molar-refractivity contribution in [3.8, 4) is 11.9 Å². The molecule has 0 aliphatic rings. The van der Waals surface area contributed by atoms with Gasteiger partial charge in [-0.05, 0) is 18.2 Å². The van der Waals surface area contributed by atoms with Gasteiger partial charge in [-0.3, -0.25) is 0 Å². The standard InChI is InChI=1S/C12H10FN5O/c1-19-12-10(15)11(16-6-17-12)18-8-2-3-9(13)7(4-8)5-14/h2-4,6H,15H2,1H3,(H,16,17,18). The summed E-state index contributed by atoms with van der Waals surface area (Å²) in [5, 5.41) is 11.6. The van der Waals surface area contributed by atoms with Crippen LogP contribution >= 0.6 is 0 Å². The third-order valence-electron chi connectivity index (χ3n) is 2.39. The summed E-state index contributed by atoms with van der Waals surface area (Å²) in [6.07, 6.45) is 1.28. The first-order chi connectivity index (χ1) is 9.15. The molecule has 2 rings (SSSR count). The van der Waals surface area contributed by atoms with Crippen molar-refractivity contribution < 1.29 is 9.13 Å². The maximum Gasteiger partial charge on any atom is 0.242 e. The average Bonchev–Trinajstić information content (AvgIpc) is 2.43. The predicted octanol–water partition coefficient (Wildman–Crippen LogP) is 1.82. The lowest BCUT2D eigenvalue weighted by molar-refractivity contribution is 0.399. The van der Waals surface area contributed by atoms with Gasteiger partial charge in [-0.2, -0.15) is 10.2 Å². The number of benzene rings is 1. The second kappa shape index (κ2) is 5.18. The van der Waals surface area contributed by atoms with E-state index in [0.717, 1.165) is 0 Å². The van der Waals surface area contributed by atoms with Crippen molar-refractivity contribution >= 4 is 17.2 Å². The van der Waals surface area contributed by atoms with Crippen LogP contribution in [0.1, 0.15) is 5.56 Å². The molecule has 0 bridgehead atoms. The molecule has 0 radical (unpaired) electrons. The number of rotatable bonds is 3. The maximum atomic E-state index is 13.2. The van der Waals surface area contributed by atoms with Crippen LogP contribution in [0.25, 0.3) is 0 Å². The molecule has 0 unspecified atom stereocenters. The van der Waals surface area contributed by atoms with Gasteiger partial charge in [-0.1, -0.05) is 0 Å². The van der Waals surface area contributed by atoms with Crippen molar-refractivity contribution in [2.75, 3.05) is 18.2 Å². The number of halogens is 1. The maximum absolute atomic E-state index is 13.2. The highest BCUT2D eigenvalue weighted by molar-refractivity contribution is 5.72. The van der Waals surface area contributed by atoms with Gasteiger partial charge in [0, 0.05) is 5.69 Å². The normalized spacial score (nSPS) is 9.74. The van der Waals surface area contributed by atoms with Crippen LogP contribution in [0.15, 0.2) is 24.5 Å². The molecular formula is C12H10FN5O. The second-order valence-corrected chi connectivity index (χ2v) is 3.58. The van der Waals surface area contributed by atoms with Crippen LogP contribution in [0.2, 0.25) is 0 Å². The molecule has 2 aromatic rings. The van der Waals surface area contributed by atoms with E-state index in [4.69, 9.17) is 15.7 Å². The molecule has 0 spiro atoms. The quantitative estimate of drug-likeness (QED) is 0.872. The van der Waals surface area contributed by atoms with Crippen LogP contribution in [0.5, 0.6) is 5.88 Å². The van der Waals surface area contributed by atoms with Crippen molar-refractivity contribution in [3.63, 3.8) is 0 Å². The van der Waals surface area contributed by atoms with E-state index < -0.39 is 5.82 Å². The number of aromatic nitrogens is 2. The third-order valence-corrected chi connectivity index (χ3v) is 2.39. The van der Waals surface area contributed by atoms with E-state index in [9.17, 15) is 4.39 Å². The fourth-order valence-corrected chi connectivity index (χ4v) is 1.47. The number of nitrogens with two attached hydrogens (primary N) is 1. The predicted molar refractivity (Wildman–Crippen MR) is 67.4 cm³/mol. The van der Waals surface area contributed by atoms with E-state index in [1.165, 1.54) is 31.6 Å². The molecular weight excluding hydrogens is 249 g/mol. The van der Waals surface area contributed by atoms with Gasteiger partial charge >= 0.3 is 0 Å². The Morgan fingerprint density at radius 3 is 2.89 bits per heavy atom. The Kier molecular flexibility index (Phi) is 3.43. The first kappa shape index (κ1) is 12.6. The number of nitrogens with zero attached hydrogens (tertiary/aromatic N) is 3. The molecule has 0 aliphatic carbocycles. The van der Waals surface area contributed by atoms with Gasteiger partial charge in [0.1, 0.15) is 23.9 Å². The Morgan fingerprint density at radius 1 is 1.42 bits per heavy atom. The van der Waals surface area contributed by atoms with Crippen molar-refractivity contribution in [1.29, 1.82) is 5.26 Å². The van der Waals surface area contributed by atoms with Crippen molar-refractivity contribution in [3.05, 3.63) is 35.9 Å². The highest BCUT2D eigenvalue weighted by Gasteiger charge is 2.09. The fraction of sp³-hybridized carbons (Fsp3) is 0.0833. The summed E-state index contributed by atoms with van der Waals surface area (Å²) in [5.74, 6) is -0.0243. The first-order valence-corrected chi connectivity index (χ1v) is 5.27. The molecule has 96 valence electrons. The van der Waals surface area contributed by atoms with Crippen LogP contribution < -0.4 is 15.8 Å². The minimum absolute atomic E-state index is 0.0652. The summed E-state index contributed by atoms with van der Waals surface area (Å²) in [6.45, 7) is 0. The molecule has 0 aliphatic heterocycles. The fourth-order valence-electron chi connectivity index (χ4n) is 1.47. The summed E-state index contributed by atoms with van der Waals surface area (Å²) < 4.78 is 18.1. The van der Waals surface area contributed by atoms with Gasteiger partial charge in [0.25, 0.3) is 0 Å². The van der Waals surface area contributed by atoms with Crippen LogP contribution in [0.4, 0.5) is 21.6 Å². The van der Waals surface area contributed by atoms with E-state index in [1.54, 1.807) is 6.07 Å². The molecule has 1 heterocycles. The number of anilines is 3. The molecule has 1 aromatic carbocycles. The lowest BCUT2D eigenvalue weighted by Gasteiger charge is -2.10. The van der Waals surface area contributed by atoms with Crippen LogP contribution in [0, 0.1) is 17.1 Å². The zero-order valence-electron chi connectivity index (χ0n) is 10.0. The molecule has 7 heteroatoms. The van der Waals surface area contributed by atoms with E-state index in [0.29, 0.717) is 11.5 Å². The first-order valence-electron chi connectivity index (χ1n) is 5.27. The van der Waals surface area contributed by atoms with Crippen LogP contribution in [-0.2, 0) is 0 Å². The highest BCUT2D eigenvalue weighted by Crippen LogP contribution is 2.27. The van der Waals surface area contributed by atoms with E-state index in [2.05, 4.69) is 15.3 Å². The largest absolute Gasteiger partial charge is 0.479 e. The van der Waals surface area contributed by atoms with Gasteiger partial charge < -0.3 is 15.8 Å². The molecule has 19 heavy (non-hydrogen) atoms. The van der Waals surface area contributed by atoms with Gasteiger partial charge in [0.2, 0.25) is 5.88 Å². The zero-order chi connectivity index (χ0) is 13.8. The van der Waals surface area contributed by atoms with Gasteiger partial charge in [-0.15, -0.1) is 0 Å². The molecule has 0 atom stereocenters. The van der Waals surface area contributed by atoms with Gasteiger partial charge in [0.15, 0.2) is 5.82 Å². The van der Waals surface area contributed by atoms with Gasteiger partial charge in [-0.25, -0.2) is 9.37 Å². The van der Waals surface area contributed by atoms with E-state index in [-0.39, 0.29) is 17.1 Å². The summed E-state index contributed by atoms with van der Waals surface area (Å²) in [5.41, 5.74) is 6.45. The highest BCUT2D eigenvalue weighted by atomic mass is 19.1. The Balaban J connectivity index is 2.34. The second-order valence-electron chi connectivity index (χ2n) is 3.58. The zero-order valence-corrected chi connectivity index (χ0v) is 10.0. The molecule has 3 N–H and O–H groups in total. The molecule has 6 nitrogen and oxygen atoms in total. The molecule has 0 saturated heterocycles. The van der Waals surface area contributed by atoms with E-state index in [1.807, 2.05) is 0 Å². The Morgan fingerprint density at radius 2 is 2.21 bits per heavy atom. The number of nitrogens with one attached hydrogen (secondary N) is 1. The number of nitrogen functional groups attached to an aromatic ring is 1. The van der Waals surface area contributed by atoms with Gasteiger partial charge in [0.05, 0.1) is 12.7 Å². The molecule has 1 aromatic heterocycles. The summed E-state index contributed by atoms with van der Waals surface area (Å²) in [6, 6.07) is 5.79. The lowest BCUT2D eigenvalue weighted by atomic mass is 10.2. The van der Waals surface area contributed by atoms with Crippen molar-refractivity contribution in [1.82, 2.24) is 9.97 Å². The average molecular weight is 259 g/mol. The Bertz CT molecular complexity index is 653. The molecule has 0 saturated carbocycles. The molecule has 0 fully saturated rings. The number of methoxy groups -OCH3 is 1. The summed E-state index contributed by atoms with van der Waals surface area (Å²) in [7, 11) is 1.44. The van der Waals surface area contributed by atoms with E-state index >= 15 is 0 Å². The number of ether oxygens (including phenoxy) is 1.